The number of benzene rings is 1. The number of azo groups is 1. The van der Waals surface area contributed by atoms with E-state index in [2.05, 4.69) is 46.9 Å². The van der Waals surface area contributed by atoms with Gasteiger partial charge in [-0.05, 0) is 46.4 Å². The van der Waals surface area contributed by atoms with E-state index >= 15 is 0 Å². The Morgan fingerprint density at radius 2 is 2.14 bits per heavy atom. The zero-order chi connectivity index (χ0) is 20.7. The average Bonchev–Trinajstić information content (AvgIpc) is 2.64. The Labute approximate surface area is 182 Å². The fourth-order valence-corrected chi connectivity index (χ4v) is 3.94. The summed E-state index contributed by atoms with van der Waals surface area (Å²) in [6.45, 7) is 6.64. The number of alkyl halides is 1. The summed E-state index contributed by atoms with van der Waals surface area (Å²) >= 11 is 11.2. The number of hydrogen-bond acceptors (Lipinski definition) is 5. The van der Waals surface area contributed by atoms with Gasteiger partial charge >= 0.3 is 5.97 Å². The predicted octanol–water partition coefficient (Wildman–Crippen LogP) is 5.70. The van der Waals surface area contributed by atoms with Crippen molar-refractivity contribution in [2.24, 2.45) is 10.2 Å². The highest BCUT2D eigenvalue weighted by Gasteiger charge is 2.23. The lowest BCUT2D eigenvalue weighted by Crippen LogP contribution is -2.17. The Balaban J connectivity index is 2.26. The van der Waals surface area contributed by atoms with Gasteiger partial charge in [0.2, 0.25) is 0 Å². The van der Waals surface area contributed by atoms with Crippen molar-refractivity contribution in [1.82, 2.24) is 0 Å². The van der Waals surface area contributed by atoms with E-state index < -0.39 is 5.97 Å². The number of ether oxygens (including phenoxy) is 1. The third-order valence-corrected chi connectivity index (χ3v) is 5.74. The fraction of sp³-hybridized carbons (Fsp3) is 0.400. The molecule has 0 aliphatic carbocycles. The second kappa shape index (κ2) is 10.4. The first kappa shape index (κ1) is 22.8. The van der Waals surface area contributed by atoms with Gasteiger partial charge in [0.05, 0.1) is 0 Å². The largest absolute Gasteiger partial charge is 0.462 e. The molecule has 0 radical (unpaired) electrons. The van der Waals surface area contributed by atoms with Gasteiger partial charge in [-0.15, -0.1) is 16.9 Å². The van der Waals surface area contributed by atoms with E-state index in [-0.39, 0.29) is 16.6 Å². The highest BCUT2D eigenvalue weighted by Crippen LogP contribution is 2.34. The molecule has 150 valence electrons. The lowest BCUT2D eigenvalue weighted by molar-refractivity contribution is -0.137. The van der Waals surface area contributed by atoms with Crippen molar-refractivity contribution in [3.05, 3.63) is 52.2 Å². The minimum absolute atomic E-state index is 0.122. The highest BCUT2D eigenvalue weighted by atomic mass is 79.9. The van der Waals surface area contributed by atoms with Crippen LogP contribution in [0.1, 0.15) is 37.5 Å². The van der Waals surface area contributed by atoms with E-state index in [4.69, 9.17) is 16.3 Å². The second-order valence-corrected chi connectivity index (χ2v) is 9.43. The number of esters is 1. The molecule has 0 fully saturated rings. The molecule has 0 aromatic heterocycles. The van der Waals surface area contributed by atoms with E-state index in [0.29, 0.717) is 22.7 Å². The number of carbonyl (C=O) groups is 2. The summed E-state index contributed by atoms with van der Waals surface area (Å²) < 4.78 is 5.02. The van der Waals surface area contributed by atoms with Gasteiger partial charge in [0.25, 0.3) is 5.91 Å². The third kappa shape index (κ3) is 6.57. The summed E-state index contributed by atoms with van der Waals surface area (Å²) in [5.41, 5.74) is 2.76. The molecule has 0 saturated carbocycles. The molecule has 0 bridgehead atoms. The van der Waals surface area contributed by atoms with Gasteiger partial charge in [0, 0.05) is 28.4 Å². The summed E-state index contributed by atoms with van der Waals surface area (Å²) in [7, 11) is 0. The molecule has 1 aliphatic rings. The lowest BCUT2D eigenvalue weighted by Gasteiger charge is -2.24. The maximum Gasteiger partial charge on any atom is 0.330 e. The molecule has 1 atom stereocenters. The highest BCUT2D eigenvalue weighted by molar-refractivity contribution is 9.09. The minimum atomic E-state index is -0.422. The Morgan fingerprint density at radius 3 is 2.79 bits per heavy atom. The average molecular weight is 486 g/mol. The number of rotatable bonds is 7. The molecule has 1 aromatic rings. The van der Waals surface area contributed by atoms with Gasteiger partial charge in [-0.1, -0.05) is 48.3 Å². The molecular formula is C20H22BrClN2O3S. The summed E-state index contributed by atoms with van der Waals surface area (Å²) in [5, 5.41) is 8.01. The van der Waals surface area contributed by atoms with Crippen molar-refractivity contribution in [2.45, 2.75) is 37.2 Å². The van der Waals surface area contributed by atoms with Crippen LogP contribution in [-0.2, 0) is 25.5 Å². The van der Waals surface area contributed by atoms with Gasteiger partial charge in [-0.2, -0.15) is 5.11 Å². The third-order valence-electron chi connectivity index (χ3n) is 3.90. The van der Waals surface area contributed by atoms with Crippen molar-refractivity contribution in [1.29, 1.82) is 0 Å². The van der Waals surface area contributed by atoms with Crippen molar-refractivity contribution >= 4 is 57.2 Å². The van der Waals surface area contributed by atoms with Crippen LogP contribution >= 0.6 is 39.3 Å². The molecule has 0 N–H and O–H groups in total. The Hall–Kier alpha value is -1.44. The monoisotopic (exact) mass is 484 g/mol. The Kier molecular flexibility index (Phi) is 8.46. The van der Waals surface area contributed by atoms with E-state index in [0.717, 1.165) is 16.7 Å². The minimum Gasteiger partial charge on any atom is -0.462 e. The van der Waals surface area contributed by atoms with Crippen molar-refractivity contribution in [3.8, 4) is 0 Å². The molecule has 1 aromatic carbocycles. The normalized spacial score (nSPS) is 16.8. The zero-order valence-corrected chi connectivity index (χ0v) is 19.1. The first-order valence-corrected chi connectivity index (χ1v) is 11.2. The van der Waals surface area contributed by atoms with Crippen LogP contribution in [0, 0.1) is 0 Å². The number of nitrogens with zero attached hydrogens (tertiary/aromatic N) is 2. The van der Waals surface area contributed by atoms with Crippen LogP contribution in [0.2, 0.25) is 5.02 Å². The van der Waals surface area contributed by atoms with E-state index in [1.165, 1.54) is 24.0 Å². The number of amides is 1. The smallest absolute Gasteiger partial charge is 0.330 e. The predicted molar refractivity (Wildman–Crippen MR) is 118 cm³/mol. The van der Waals surface area contributed by atoms with Crippen LogP contribution in [-0.4, -0.2) is 29.1 Å². The van der Waals surface area contributed by atoms with Crippen molar-refractivity contribution in [2.75, 3.05) is 11.9 Å². The molecule has 2 rings (SSSR count). The van der Waals surface area contributed by atoms with E-state index in [9.17, 15) is 9.59 Å². The van der Waals surface area contributed by atoms with Crippen LogP contribution in [0.3, 0.4) is 0 Å². The SMILES string of the molecule is CC(C)(C)c1cc(Cl)c(/C=C/C(=O)OCCBr)cc1CSC1C=CN=NC1=O. The Morgan fingerprint density at radius 1 is 1.39 bits per heavy atom. The molecule has 0 spiro atoms. The number of hydrogen-bond donors (Lipinski definition) is 0. The molecule has 28 heavy (non-hydrogen) atoms. The summed E-state index contributed by atoms with van der Waals surface area (Å²) in [6, 6.07) is 3.89. The number of carbonyl (C=O) groups excluding carboxylic acids is 2. The summed E-state index contributed by atoms with van der Waals surface area (Å²) in [6.07, 6.45) is 6.30. The first-order valence-electron chi connectivity index (χ1n) is 8.69. The number of halogens is 2. The lowest BCUT2D eigenvalue weighted by atomic mass is 9.83. The molecular weight excluding hydrogens is 464 g/mol. The summed E-state index contributed by atoms with van der Waals surface area (Å²) in [4.78, 5) is 23.6. The van der Waals surface area contributed by atoms with Crippen molar-refractivity contribution in [3.63, 3.8) is 0 Å². The van der Waals surface area contributed by atoms with E-state index in [1.54, 1.807) is 12.2 Å². The molecule has 8 heteroatoms. The van der Waals surface area contributed by atoms with E-state index in [1.807, 2.05) is 12.1 Å². The van der Waals surface area contributed by atoms with Crippen LogP contribution in [0.4, 0.5) is 0 Å². The molecule has 1 aliphatic heterocycles. The van der Waals surface area contributed by atoms with Crippen LogP contribution < -0.4 is 0 Å². The van der Waals surface area contributed by atoms with Gasteiger partial charge in [0.1, 0.15) is 11.9 Å². The maximum absolute atomic E-state index is 11.9. The quantitative estimate of drug-likeness (QED) is 0.282. The van der Waals surface area contributed by atoms with Crippen molar-refractivity contribution < 1.29 is 14.3 Å². The van der Waals surface area contributed by atoms with Crippen LogP contribution in [0.15, 0.2) is 40.7 Å². The second-order valence-electron chi connectivity index (χ2n) is 7.10. The van der Waals surface area contributed by atoms with Gasteiger partial charge in [-0.25, -0.2) is 4.79 Å². The molecule has 1 unspecified atom stereocenters. The maximum atomic E-state index is 11.9. The summed E-state index contributed by atoms with van der Waals surface area (Å²) in [5.74, 6) is -0.0717. The fourth-order valence-electron chi connectivity index (χ4n) is 2.58. The standard InChI is InChI=1S/C20H22BrClN2O3S/c1-20(2,3)15-11-16(22)13(4-5-18(25)27-9-7-21)10-14(15)12-28-17-6-8-23-24-19(17)26/h4-6,8,10-11,17H,7,9,12H2,1-3H3/b5-4+. The first-order chi connectivity index (χ1) is 13.2. The van der Waals surface area contributed by atoms with Gasteiger partial charge < -0.3 is 4.74 Å². The molecule has 0 saturated heterocycles. The zero-order valence-electron chi connectivity index (χ0n) is 15.9. The molecule has 1 amide bonds. The molecule has 1 heterocycles. The molecule has 5 nitrogen and oxygen atoms in total. The topological polar surface area (TPSA) is 68.1 Å². The Bertz CT molecular complexity index is 831. The van der Waals surface area contributed by atoms with Crippen LogP contribution in [0.25, 0.3) is 6.08 Å². The van der Waals surface area contributed by atoms with Crippen LogP contribution in [0.5, 0.6) is 0 Å². The number of thioether (sulfide) groups is 1. The van der Waals surface area contributed by atoms with Gasteiger partial charge in [0.15, 0.2) is 0 Å². The van der Waals surface area contributed by atoms with Gasteiger partial charge in [-0.3, -0.25) is 4.79 Å².